The Morgan fingerprint density at radius 2 is 1.78 bits per heavy atom. The number of carbonyl (C=O) groups excluding carboxylic acids is 1. The van der Waals surface area contributed by atoms with Crippen molar-refractivity contribution in [3.8, 4) is 0 Å². The molecule has 2 N–H and O–H groups in total. The summed E-state index contributed by atoms with van der Waals surface area (Å²) in [6.07, 6.45) is 1.42. The number of nitrogens with zero attached hydrogens (tertiary/aromatic N) is 2. The van der Waals surface area contributed by atoms with Crippen molar-refractivity contribution < 1.29 is 13.2 Å². The molecule has 2 aliphatic rings. The fourth-order valence-corrected chi connectivity index (χ4v) is 5.19. The molecule has 3 rings (SSSR count). The lowest BCUT2D eigenvalue weighted by atomic mass is 10.3. The number of H-pyrrole nitrogens is 1. The highest BCUT2D eigenvalue weighted by Crippen LogP contribution is 2.21. The molecular weight excluding hydrogens is 360 g/mol. The normalized spacial score (nSPS) is 20.1. The van der Waals surface area contributed by atoms with E-state index in [1.165, 1.54) is 16.6 Å². The van der Waals surface area contributed by atoms with Gasteiger partial charge in [0, 0.05) is 57.0 Å². The predicted molar refractivity (Wildman–Crippen MR) is 92.9 cm³/mol. The lowest BCUT2D eigenvalue weighted by Gasteiger charge is -2.27. The quantitative estimate of drug-likeness (QED) is 0.783. The summed E-state index contributed by atoms with van der Waals surface area (Å²) in [6, 6.07) is 1.46. The molecule has 0 spiro atoms. The molecule has 0 radical (unpaired) electrons. The molecule has 2 fully saturated rings. The van der Waals surface area contributed by atoms with Crippen molar-refractivity contribution >= 4 is 40.1 Å². The molecule has 0 unspecified atom stereocenters. The van der Waals surface area contributed by atoms with Crippen LogP contribution in [0.1, 0.15) is 10.5 Å². The molecule has 23 heavy (non-hydrogen) atoms. The Bertz CT molecular complexity index is 637. The highest BCUT2D eigenvalue weighted by molar-refractivity contribution is 7.99. The summed E-state index contributed by atoms with van der Waals surface area (Å²) in [5, 5.41) is 3.18. The molecule has 1 amide bonds. The van der Waals surface area contributed by atoms with Gasteiger partial charge in [-0.15, -0.1) is 12.4 Å². The zero-order valence-corrected chi connectivity index (χ0v) is 15.1. The van der Waals surface area contributed by atoms with Crippen LogP contribution in [0.25, 0.3) is 0 Å². The van der Waals surface area contributed by atoms with Crippen LogP contribution in [0.15, 0.2) is 17.2 Å². The van der Waals surface area contributed by atoms with Crippen LogP contribution < -0.4 is 5.32 Å². The van der Waals surface area contributed by atoms with Gasteiger partial charge in [-0.1, -0.05) is 0 Å². The number of aromatic nitrogens is 1. The first-order valence-electron chi connectivity index (χ1n) is 7.35. The maximum Gasteiger partial charge on any atom is 0.270 e. The summed E-state index contributed by atoms with van der Waals surface area (Å²) in [5.41, 5.74) is 0.340. The van der Waals surface area contributed by atoms with Gasteiger partial charge in [-0.05, 0) is 6.07 Å². The summed E-state index contributed by atoms with van der Waals surface area (Å²) in [4.78, 5) is 17.1. The maximum absolute atomic E-state index is 12.6. The third-order valence-corrected chi connectivity index (χ3v) is 6.72. The minimum absolute atomic E-state index is 0. The number of carbonyl (C=O) groups is 1. The summed E-state index contributed by atoms with van der Waals surface area (Å²) in [5.74, 6) is 1.49. The summed E-state index contributed by atoms with van der Waals surface area (Å²) in [7, 11) is -3.50. The maximum atomic E-state index is 12.6. The Hall–Kier alpha value is -0.740. The van der Waals surface area contributed by atoms with E-state index in [0.717, 1.165) is 24.6 Å². The Kier molecular flexibility index (Phi) is 6.38. The van der Waals surface area contributed by atoms with E-state index in [4.69, 9.17) is 0 Å². The van der Waals surface area contributed by atoms with Crippen molar-refractivity contribution in [1.82, 2.24) is 19.5 Å². The molecule has 1 aromatic heterocycles. The van der Waals surface area contributed by atoms with Gasteiger partial charge in [0.15, 0.2) is 0 Å². The lowest BCUT2D eigenvalue weighted by Crippen LogP contribution is -2.46. The molecular formula is C13H21ClN4O3S2. The third-order valence-electron chi connectivity index (χ3n) is 3.90. The molecule has 2 aliphatic heterocycles. The molecule has 0 aliphatic carbocycles. The number of aromatic amines is 1. The van der Waals surface area contributed by atoms with E-state index in [2.05, 4.69) is 10.3 Å². The molecule has 10 heteroatoms. The molecule has 7 nitrogen and oxygen atoms in total. The van der Waals surface area contributed by atoms with Crippen LogP contribution in [-0.2, 0) is 10.0 Å². The van der Waals surface area contributed by atoms with Crippen molar-refractivity contribution in [2.45, 2.75) is 4.90 Å². The van der Waals surface area contributed by atoms with Crippen LogP contribution in [0.2, 0.25) is 0 Å². The molecule has 0 saturated carbocycles. The largest absolute Gasteiger partial charge is 0.356 e. The van der Waals surface area contributed by atoms with Gasteiger partial charge in [0.2, 0.25) is 10.0 Å². The van der Waals surface area contributed by atoms with Gasteiger partial charge in [0.05, 0.1) is 0 Å². The van der Waals surface area contributed by atoms with E-state index < -0.39 is 10.0 Å². The molecule has 2 saturated heterocycles. The monoisotopic (exact) mass is 380 g/mol. The van der Waals surface area contributed by atoms with Crippen LogP contribution in [-0.4, -0.2) is 79.3 Å². The van der Waals surface area contributed by atoms with E-state index in [-0.39, 0.29) is 23.2 Å². The summed E-state index contributed by atoms with van der Waals surface area (Å²) < 4.78 is 26.6. The van der Waals surface area contributed by atoms with Crippen molar-refractivity contribution in [3.63, 3.8) is 0 Å². The fourth-order valence-electron chi connectivity index (χ4n) is 2.62. The Labute approximate surface area is 146 Å². The first kappa shape index (κ1) is 18.6. The van der Waals surface area contributed by atoms with E-state index in [0.29, 0.717) is 31.9 Å². The van der Waals surface area contributed by atoms with E-state index in [1.807, 2.05) is 0 Å². The first-order valence-corrected chi connectivity index (χ1v) is 9.95. The highest BCUT2D eigenvalue weighted by atomic mass is 35.5. The molecule has 0 bridgehead atoms. The smallest absolute Gasteiger partial charge is 0.270 e. The van der Waals surface area contributed by atoms with Gasteiger partial charge in [-0.25, -0.2) is 8.42 Å². The number of hydrogen-bond acceptors (Lipinski definition) is 5. The number of rotatable bonds is 3. The lowest BCUT2D eigenvalue weighted by molar-refractivity contribution is 0.0730. The molecule has 0 aromatic carbocycles. The SMILES string of the molecule is Cl.O=C(c1cc(S(=O)(=O)N2CCSCC2)c[nH]1)N1CCNCC1. The summed E-state index contributed by atoms with van der Waals surface area (Å²) in [6.45, 7) is 3.87. The van der Waals surface area contributed by atoms with Gasteiger partial charge in [-0.3, -0.25) is 4.79 Å². The second kappa shape index (κ2) is 7.89. The number of sulfonamides is 1. The Balaban J connectivity index is 0.00000192. The van der Waals surface area contributed by atoms with Gasteiger partial charge >= 0.3 is 0 Å². The minimum Gasteiger partial charge on any atom is -0.356 e. The number of amides is 1. The topological polar surface area (TPSA) is 85.5 Å². The molecule has 0 atom stereocenters. The van der Waals surface area contributed by atoms with Crippen molar-refractivity contribution in [1.29, 1.82) is 0 Å². The van der Waals surface area contributed by atoms with Crippen LogP contribution in [0.3, 0.4) is 0 Å². The predicted octanol–water partition coefficient (Wildman–Crippen LogP) is 0.219. The zero-order chi connectivity index (χ0) is 15.6. The zero-order valence-electron chi connectivity index (χ0n) is 12.7. The number of nitrogens with one attached hydrogen (secondary N) is 2. The molecule has 130 valence electrons. The first-order chi connectivity index (χ1) is 10.6. The Morgan fingerprint density at radius 1 is 1.13 bits per heavy atom. The van der Waals surface area contributed by atoms with Gasteiger partial charge < -0.3 is 15.2 Å². The van der Waals surface area contributed by atoms with Crippen molar-refractivity contribution in [2.24, 2.45) is 0 Å². The van der Waals surface area contributed by atoms with Crippen LogP contribution in [0.4, 0.5) is 0 Å². The number of piperazine rings is 1. The summed E-state index contributed by atoms with van der Waals surface area (Å²) >= 11 is 1.76. The van der Waals surface area contributed by atoms with Gasteiger partial charge in [0.25, 0.3) is 5.91 Å². The third kappa shape index (κ3) is 4.03. The van der Waals surface area contributed by atoms with E-state index in [1.54, 1.807) is 16.7 Å². The van der Waals surface area contributed by atoms with Crippen molar-refractivity contribution in [2.75, 3.05) is 50.8 Å². The second-order valence-electron chi connectivity index (χ2n) is 5.31. The van der Waals surface area contributed by atoms with Crippen LogP contribution in [0, 0.1) is 0 Å². The Morgan fingerprint density at radius 3 is 2.43 bits per heavy atom. The van der Waals surface area contributed by atoms with Crippen LogP contribution in [0.5, 0.6) is 0 Å². The van der Waals surface area contributed by atoms with E-state index >= 15 is 0 Å². The van der Waals surface area contributed by atoms with E-state index in [9.17, 15) is 13.2 Å². The molecule has 1 aromatic rings. The average molecular weight is 381 g/mol. The van der Waals surface area contributed by atoms with Crippen LogP contribution >= 0.6 is 24.2 Å². The number of hydrogen-bond donors (Lipinski definition) is 2. The molecule has 3 heterocycles. The van der Waals surface area contributed by atoms with Gasteiger partial charge in [0.1, 0.15) is 10.6 Å². The average Bonchev–Trinajstić information content (AvgIpc) is 3.06. The van der Waals surface area contributed by atoms with Gasteiger partial charge in [-0.2, -0.15) is 16.1 Å². The second-order valence-corrected chi connectivity index (χ2v) is 8.47. The number of halogens is 1. The number of thioether (sulfide) groups is 1. The highest BCUT2D eigenvalue weighted by Gasteiger charge is 2.28. The minimum atomic E-state index is -3.50. The fraction of sp³-hybridized carbons (Fsp3) is 0.615. The van der Waals surface area contributed by atoms with Crippen molar-refractivity contribution in [3.05, 3.63) is 18.0 Å². The standard InChI is InChI=1S/C13H20N4O3S2.ClH/c18-13(16-3-1-14-2-4-16)12-9-11(10-15-12)22(19,20)17-5-7-21-8-6-17;/h9-10,14-15H,1-8H2;1H.